The van der Waals surface area contributed by atoms with Crippen LogP contribution in [0.15, 0.2) is 33.5 Å². The minimum atomic E-state index is -4.59. The first kappa shape index (κ1) is 31.7. The lowest BCUT2D eigenvalue weighted by molar-refractivity contribution is -0.147. The lowest BCUT2D eigenvalue weighted by atomic mass is 9.96. The number of hydrogen-bond acceptors (Lipinski definition) is 10. The Morgan fingerprint density at radius 2 is 1.71 bits per heavy atom. The summed E-state index contributed by atoms with van der Waals surface area (Å²) in [6.07, 6.45) is -5.15. The Morgan fingerprint density at radius 3 is 2.22 bits per heavy atom. The number of carbonyl (C=O) groups excluding carboxylic acids is 4. The summed E-state index contributed by atoms with van der Waals surface area (Å²) < 4.78 is 49.1. The van der Waals surface area contributed by atoms with Gasteiger partial charge in [-0.1, -0.05) is 27.7 Å². The van der Waals surface area contributed by atoms with E-state index in [-0.39, 0.29) is 18.7 Å². The van der Waals surface area contributed by atoms with Gasteiger partial charge < -0.3 is 14.9 Å². The summed E-state index contributed by atoms with van der Waals surface area (Å²) in [5, 5.41) is 3.90. The van der Waals surface area contributed by atoms with E-state index in [1.165, 1.54) is 4.90 Å². The van der Waals surface area contributed by atoms with E-state index >= 15 is 0 Å². The van der Waals surface area contributed by atoms with Crippen molar-refractivity contribution in [1.29, 1.82) is 0 Å². The molecule has 1 aromatic heterocycles. The minimum Gasteiger partial charge on any atom is -0.452 e. The van der Waals surface area contributed by atoms with Crippen LogP contribution in [0.25, 0.3) is 5.69 Å². The molecule has 1 aliphatic rings. The van der Waals surface area contributed by atoms with Gasteiger partial charge in [-0.05, 0) is 55.5 Å². The van der Waals surface area contributed by atoms with Crippen molar-refractivity contribution in [2.24, 2.45) is 17.6 Å². The molecule has 0 spiro atoms. The number of benzene rings is 1. The monoisotopic (exact) mass is 583 g/mol. The van der Waals surface area contributed by atoms with Crippen LogP contribution in [0.4, 0.5) is 18.0 Å². The molecule has 1 aromatic carbocycles. The quantitative estimate of drug-likeness (QED) is 0.458. The molecule has 3 amide bonds. The molecular formula is C26H32F3N5O7. The molecule has 1 fully saturated rings. The number of alkyl halides is 3. The van der Waals surface area contributed by atoms with Crippen molar-refractivity contribution in [1.82, 2.24) is 19.6 Å². The molecule has 224 valence electrons. The van der Waals surface area contributed by atoms with Gasteiger partial charge in [0.2, 0.25) is 5.78 Å². The summed E-state index contributed by atoms with van der Waals surface area (Å²) in [6, 6.07) is 0.214. The molecule has 41 heavy (non-hydrogen) atoms. The smallest absolute Gasteiger partial charge is 0.442 e. The maximum absolute atomic E-state index is 13.6. The number of hydrogen-bond donors (Lipinski definition) is 1. The maximum Gasteiger partial charge on any atom is 0.442 e. The Balaban J connectivity index is 1.94. The van der Waals surface area contributed by atoms with E-state index in [1.807, 2.05) is 0 Å². The van der Waals surface area contributed by atoms with Crippen LogP contribution in [0, 0.1) is 11.8 Å². The number of nitrogens with two attached hydrogens (primary N) is 1. The van der Waals surface area contributed by atoms with Crippen LogP contribution in [-0.2, 0) is 20.5 Å². The molecular weight excluding hydrogens is 551 g/mol. The second-order valence-electron chi connectivity index (χ2n) is 10.3. The number of carbonyl (C=O) groups is 4. The van der Waals surface area contributed by atoms with Crippen molar-refractivity contribution in [2.75, 3.05) is 13.7 Å². The molecule has 2 aromatic rings. The molecule has 0 saturated carbocycles. The molecule has 0 aliphatic carbocycles. The Hall–Kier alpha value is -3.85. The van der Waals surface area contributed by atoms with Gasteiger partial charge in [0.05, 0.1) is 36.5 Å². The normalized spacial score (nSPS) is 17.5. The van der Waals surface area contributed by atoms with Crippen LogP contribution in [0.3, 0.4) is 0 Å². The van der Waals surface area contributed by atoms with Gasteiger partial charge in [0.1, 0.15) is 0 Å². The minimum absolute atomic E-state index is 0.0603. The van der Waals surface area contributed by atoms with Gasteiger partial charge in [0.25, 0.3) is 17.7 Å². The predicted molar refractivity (Wildman–Crippen MR) is 137 cm³/mol. The summed E-state index contributed by atoms with van der Waals surface area (Å²) in [5.74, 6) is -5.20. The molecule has 2 heterocycles. The highest BCUT2D eigenvalue weighted by Gasteiger charge is 2.46. The van der Waals surface area contributed by atoms with Gasteiger partial charge >= 0.3 is 18.0 Å². The van der Waals surface area contributed by atoms with Crippen molar-refractivity contribution in [3.8, 4) is 5.69 Å². The molecule has 0 unspecified atom stereocenters. The van der Waals surface area contributed by atoms with Gasteiger partial charge in [-0.3, -0.25) is 19.3 Å². The van der Waals surface area contributed by atoms with E-state index in [0.29, 0.717) is 16.0 Å². The number of amides is 3. The third kappa shape index (κ3) is 6.56. The van der Waals surface area contributed by atoms with Crippen LogP contribution < -0.4 is 11.5 Å². The summed E-state index contributed by atoms with van der Waals surface area (Å²) in [4.78, 5) is 67.0. The number of likely N-dealkylation sites (tertiary alicyclic amines) is 1. The highest BCUT2D eigenvalue weighted by atomic mass is 19.4. The largest absolute Gasteiger partial charge is 0.452 e. The summed E-state index contributed by atoms with van der Waals surface area (Å²) >= 11 is 0. The van der Waals surface area contributed by atoms with E-state index in [2.05, 4.69) is 9.84 Å². The van der Waals surface area contributed by atoms with E-state index in [9.17, 15) is 37.1 Å². The zero-order chi connectivity index (χ0) is 30.8. The average Bonchev–Trinajstić information content (AvgIpc) is 3.54. The number of ketones is 1. The number of nitrogens with zero attached hydrogens (tertiary/aromatic N) is 4. The Morgan fingerprint density at radius 1 is 1.10 bits per heavy atom. The molecule has 15 heteroatoms. The predicted octanol–water partition coefficient (Wildman–Crippen LogP) is 2.62. The number of imide groups is 3. The molecule has 0 radical (unpaired) electrons. The number of halogens is 3. The van der Waals surface area contributed by atoms with Crippen LogP contribution >= 0.6 is 0 Å². The van der Waals surface area contributed by atoms with Gasteiger partial charge in [0.15, 0.2) is 0 Å². The van der Waals surface area contributed by atoms with Gasteiger partial charge in [-0.2, -0.15) is 22.8 Å². The molecule has 12 nitrogen and oxygen atoms in total. The van der Waals surface area contributed by atoms with Crippen LogP contribution in [0.5, 0.6) is 0 Å². The first-order chi connectivity index (χ1) is 19.1. The van der Waals surface area contributed by atoms with Gasteiger partial charge in [-0.15, -0.1) is 5.10 Å². The van der Waals surface area contributed by atoms with Crippen molar-refractivity contribution in [2.45, 2.75) is 64.8 Å². The third-order valence-corrected chi connectivity index (χ3v) is 6.84. The SMILES string of the molecule is COC(=O)N(C(=O)[C@@H](N)C(C)C)C(=O)[C@@H]1CCCN1[C@H](C(=O)c1nn(-c2ccc(C(F)(F)F)cc2)c(=O)o1)C(C)C. The fourth-order valence-corrected chi connectivity index (χ4v) is 4.65. The van der Waals surface area contributed by atoms with Crippen molar-refractivity contribution in [3.63, 3.8) is 0 Å². The maximum atomic E-state index is 13.6. The third-order valence-electron chi connectivity index (χ3n) is 6.84. The number of aromatic nitrogens is 2. The molecule has 1 saturated heterocycles. The lowest BCUT2D eigenvalue weighted by Gasteiger charge is -2.34. The molecule has 1 aliphatic heterocycles. The summed E-state index contributed by atoms with van der Waals surface area (Å²) in [7, 11) is 1.01. The Bertz CT molecular complexity index is 1350. The number of methoxy groups -OCH3 is 1. The summed E-state index contributed by atoms with van der Waals surface area (Å²) in [5.41, 5.74) is 4.93. The van der Waals surface area contributed by atoms with Crippen molar-refractivity contribution < 1.29 is 41.5 Å². The Kier molecular flexibility index (Phi) is 9.54. The average molecular weight is 584 g/mol. The number of rotatable bonds is 8. The van der Waals surface area contributed by atoms with E-state index in [4.69, 9.17) is 10.2 Å². The first-order valence-corrected chi connectivity index (χ1v) is 12.9. The van der Waals surface area contributed by atoms with E-state index in [1.54, 1.807) is 27.7 Å². The number of Topliss-reactive ketones (excluding diaryl/α,β-unsaturated/α-hetero) is 1. The second-order valence-corrected chi connectivity index (χ2v) is 10.3. The fraction of sp³-hybridized carbons (Fsp3) is 0.538. The van der Waals surface area contributed by atoms with E-state index < -0.39 is 77.0 Å². The topological polar surface area (TPSA) is 158 Å². The van der Waals surface area contributed by atoms with Crippen LogP contribution in [0.1, 0.15) is 56.8 Å². The van der Waals surface area contributed by atoms with Crippen molar-refractivity contribution >= 4 is 23.7 Å². The highest BCUT2D eigenvalue weighted by molar-refractivity contribution is 6.12. The van der Waals surface area contributed by atoms with E-state index in [0.717, 1.165) is 31.4 Å². The standard InChI is InChI=1S/C26H32F3N5O7/c1-13(2)18(30)23(37)33(24(38)40-5)22(36)17-7-6-12-32(17)19(14(3)4)20(35)21-31-34(25(39)41-21)16-10-8-15(9-11-16)26(27,28)29/h8-11,13-14,17-19H,6-7,12,30H2,1-5H3/t17-,18-,19-/m0/s1. The molecule has 3 rings (SSSR count). The zero-order valence-electron chi connectivity index (χ0n) is 23.2. The van der Waals surface area contributed by atoms with Crippen LogP contribution in [0.2, 0.25) is 0 Å². The van der Waals surface area contributed by atoms with Crippen LogP contribution in [-0.4, -0.2) is 75.1 Å². The fourth-order valence-electron chi connectivity index (χ4n) is 4.65. The lowest BCUT2D eigenvalue weighted by Crippen LogP contribution is -2.58. The second kappa shape index (κ2) is 12.3. The Labute approximate surface area is 233 Å². The van der Waals surface area contributed by atoms with Crippen molar-refractivity contribution in [3.05, 3.63) is 46.3 Å². The van der Waals surface area contributed by atoms with Gasteiger partial charge in [-0.25, -0.2) is 9.59 Å². The first-order valence-electron chi connectivity index (χ1n) is 12.9. The summed E-state index contributed by atoms with van der Waals surface area (Å²) in [6.45, 7) is 6.90. The highest BCUT2D eigenvalue weighted by Crippen LogP contribution is 2.30. The number of ether oxygens (including phenoxy) is 1. The molecule has 3 atom stereocenters. The van der Waals surface area contributed by atoms with Gasteiger partial charge in [0, 0.05) is 0 Å². The molecule has 2 N–H and O–H groups in total. The zero-order valence-corrected chi connectivity index (χ0v) is 23.2. The molecule has 0 bridgehead atoms.